The molecule has 10 heteroatoms. The fourth-order valence-electron chi connectivity index (χ4n) is 3.75. The third-order valence-electron chi connectivity index (χ3n) is 5.15. The number of carbonyl (C=O) groups is 3. The summed E-state index contributed by atoms with van der Waals surface area (Å²) in [6.45, 7) is 0.114. The Morgan fingerprint density at radius 3 is 2.83 bits per heavy atom. The van der Waals surface area contributed by atoms with E-state index in [-0.39, 0.29) is 30.5 Å². The van der Waals surface area contributed by atoms with Gasteiger partial charge in [-0.3, -0.25) is 19.9 Å². The summed E-state index contributed by atoms with van der Waals surface area (Å²) in [5.74, 6) is -0.730. The van der Waals surface area contributed by atoms with E-state index in [2.05, 4.69) is 15.6 Å². The molecule has 0 radical (unpaired) electrons. The van der Waals surface area contributed by atoms with Gasteiger partial charge in [0, 0.05) is 18.8 Å². The van der Waals surface area contributed by atoms with Crippen LogP contribution in [0.2, 0.25) is 0 Å². The number of nitrogens with one attached hydrogen (secondary N) is 2. The fourth-order valence-corrected chi connectivity index (χ4v) is 4.51. The van der Waals surface area contributed by atoms with E-state index < -0.39 is 17.5 Å². The Kier molecular flexibility index (Phi) is 3.81. The highest BCUT2D eigenvalue weighted by molar-refractivity contribution is 14.1. The normalized spacial score (nSPS) is 20.9. The van der Waals surface area contributed by atoms with Crippen molar-refractivity contribution >= 4 is 51.5 Å². The molecule has 5 rings (SSSR count). The van der Waals surface area contributed by atoms with E-state index in [0.29, 0.717) is 20.2 Å². The van der Waals surface area contributed by atoms with Crippen molar-refractivity contribution in [1.29, 1.82) is 0 Å². The smallest absolute Gasteiger partial charge is 0.322 e. The molecule has 2 aliphatic heterocycles. The van der Waals surface area contributed by atoms with Gasteiger partial charge in [-0.2, -0.15) is 0 Å². The number of aromatic hydroxyl groups is 1. The van der Waals surface area contributed by atoms with Crippen molar-refractivity contribution in [1.82, 2.24) is 20.5 Å². The van der Waals surface area contributed by atoms with Crippen molar-refractivity contribution in [3.63, 3.8) is 0 Å². The third kappa shape index (κ3) is 2.58. The van der Waals surface area contributed by atoms with E-state index in [1.54, 1.807) is 30.5 Å². The van der Waals surface area contributed by atoms with E-state index >= 15 is 0 Å². The molecule has 1 fully saturated rings. The Morgan fingerprint density at radius 2 is 2.10 bits per heavy atom. The number of rotatable bonds is 3. The summed E-state index contributed by atoms with van der Waals surface area (Å²) in [6, 6.07) is 7.53. The molecule has 2 aliphatic rings. The number of amides is 4. The van der Waals surface area contributed by atoms with Crippen molar-refractivity contribution in [3.8, 4) is 5.75 Å². The molecule has 0 saturated carbocycles. The molecule has 0 spiro atoms. The molecule has 2 aromatic heterocycles. The molecule has 146 valence electrons. The van der Waals surface area contributed by atoms with Gasteiger partial charge in [0.15, 0.2) is 11.1 Å². The highest BCUT2D eigenvalue weighted by Crippen LogP contribution is 2.36. The molecule has 0 unspecified atom stereocenters. The molecular formula is C19H13IN4O5. The van der Waals surface area contributed by atoms with E-state index in [1.165, 1.54) is 11.0 Å². The van der Waals surface area contributed by atoms with Crippen molar-refractivity contribution in [2.24, 2.45) is 0 Å². The number of phenols is 1. The number of imide groups is 1. The number of halogens is 1. The van der Waals surface area contributed by atoms with Gasteiger partial charge in [-0.1, -0.05) is 6.07 Å². The van der Waals surface area contributed by atoms with Crippen LogP contribution in [0.1, 0.15) is 21.7 Å². The zero-order chi connectivity index (χ0) is 20.3. The number of pyridine rings is 1. The van der Waals surface area contributed by atoms with Gasteiger partial charge in [0.1, 0.15) is 17.0 Å². The van der Waals surface area contributed by atoms with E-state index in [0.717, 1.165) is 5.56 Å². The molecule has 3 aromatic rings. The number of phenolic OH excluding ortho intramolecular Hbond substituents is 1. The second-order valence-corrected chi connectivity index (χ2v) is 7.98. The zero-order valence-corrected chi connectivity index (χ0v) is 16.9. The Hall–Kier alpha value is -3.15. The van der Waals surface area contributed by atoms with Crippen molar-refractivity contribution in [3.05, 3.63) is 57.0 Å². The number of carbonyl (C=O) groups excluding carboxylic acids is 3. The molecule has 29 heavy (non-hydrogen) atoms. The van der Waals surface area contributed by atoms with Crippen molar-refractivity contribution < 1.29 is 23.9 Å². The second-order valence-electron chi connectivity index (χ2n) is 6.91. The zero-order valence-electron chi connectivity index (χ0n) is 14.7. The standard InChI is InChI=1S/C19H13IN4O5/c20-15-11(25)4-3-9-7-24(16(26)14(9)15)8-19(17(27)22-18(28)23-19)13-6-10-12(29-13)2-1-5-21-10/h1-6,25H,7-8H2,(H2,22,23,27,28)/t19-/m1/s1. The summed E-state index contributed by atoms with van der Waals surface area (Å²) in [5.41, 5.74) is 0.556. The van der Waals surface area contributed by atoms with Crippen LogP contribution >= 0.6 is 22.6 Å². The lowest BCUT2D eigenvalue weighted by Crippen LogP contribution is -2.52. The average Bonchev–Trinajstić information content (AvgIpc) is 3.34. The van der Waals surface area contributed by atoms with Crippen LogP contribution < -0.4 is 10.6 Å². The summed E-state index contributed by atoms with van der Waals surface area (Å²) in [5, 5.41) is 14.8. The first kappa shape index (κ1) is 17.9. The molecule has 4 heterocycles. The number of benzene rings is 1. The minimum Gasteiger partial charge on any atom is -0.507 e. The number of nitrogens with zero attached hydrogens (tertiary/aromatic N) is 2. The Bertz CT molecular complexity index is 1190. The van der Waals surface area contributed by atoms with Gasteiger partial charge in [-0.05, 0) is 46.4 Å². The third-order valence-corrected chi connectivity index (χ3v) is 6.24. The molecule has 1 aromatic carbocycles. The fraction of sp³-hybridized carbons (Fsp3) is 0.158. The Labute approximate surface area is 177 Å². The molecule has 4 amide bonds. The van der Waals surface area contributed by atoms with Crippen LogP contribution in [0.25, 0.3) is 11.1 Å². The number of aromatic nitrogens is 1. The maximum atomic E-state index is 13.0. The predicted molar refractivity (Wildman–Crippen MR) is 108 cm³/mol. The van der Waals surface area contributed by atoms with Crippen molar-refractivity contribution in [2.75, 3.05) is 6.54 Å². The first-order chi connectivity index (χ1) is 13.9. The molecule has 9 nitrogen and oxygen atoms in total. The largest absolute Gasteiger partial charge is 0.507 e. The molecule has 0 aliphatic carbocycles. The van der Waals surface area contributed by atoms with Gasteiger partial charge in [-0.15, -0.1) is 0 Å². The minimum absolute atomic E-state index is 0.0181. The summed E-state index contributed by atoms with van der Waals surface area (Å²) in [6.07, 6.45) is 1.59. The van der Waals surface area contributed by atoms with Gasteiger partial charge in [-0.25, -0.2) is 4.79 Å². The minimum atomic E-state index is -1.58. The molecule has 1 saturated heterocycles. The Morgan fingerprint density at radius 1 is 1.28 bits per heavy atom. The summed E-state index contributed by atoms with van der Waals surface area (Å²) >= 11 is 1.92. The molecular weight excluding hydrogens is 491 g/mol. The van der Waals surface area contributed by atoms with E-state index in [4.69, 9.17) is 4.42 Å². The van der Waals surface area contributed by atoms with Gasteiger partial charge in [0.2, 0.25) is 0 Å². The maximum Gasteiger partial charge on any atom is 0.322 e. The quantitative estimate of drug-likeness (QED) is 0.370. The summed E-state index contributed by atoms with van der Waals surface area (Å²) < 4.78 is 6.28. The van der Waals surface area contributed by atoms with Gasteiger partial charge < -0.3 is 19.7 Å². The van der Waals surface area contributed by atoms with E-state index in [9.17, 15) is 19.5 Å². The highest BCUT2D eigenvalue weighted by atomic mass is 127. The number of fused-ring (bicyclic) bond motifs is 2. The average molecular weight is 504 g/mol. The molecule has 1 atom stereocenters. The number of hydrogen-bond donors (Lipinski definition) is 3. The van der Waals surface area contributed by atoms with Crippen molar-refractivity contribution in [2.45, 2.75) is 12.1 Å². The lowest BCUT2D eigenvalue weighted by atomic mass is 9.95. The van der Waals surface area contributed by atoms with Crippen LogP contribution in [0.4, 0.5) is 4.79 Å². The van der Waals surface area contributed by atoms with Crippen LogP contribution in [0.5, 0.6) is 5.75 Å². The number of urea groups is 1. The highest BCUT2D eigenvalue weighted by Gasteiger charge is 2.53. The van der Waals surface area contributed by atoms with Crippen LogP contribution in [-0.2, 0) is 16.9 Å². The Balaban J connectivity index is 1.57. The maximum absolute atomic E-state index is 13.0. The summed E-state index contributed by atoms with van der Waals surface area (Å²) in [7, 11) is 0. The van der Waals surface area contributed by atoms with Crippen LogP contribution in [-0.4, -0.2) is 39.4 Å². The monoisotopic (exact) mass is 504 g/mol. The van der Waals surface area contributed by atoms with Gasteiger partial charge in [0.25, 0.3) is 11.8 Å². The molecule has 0 bridgehead atoms. The SMILES string of the molecule is O=C1NC(=O)[C@@](CN2Cc3ccc(O)c(I)c3C2=O)(c2cc3ncccc3o2)N1. The first-order valence-corrected chi connectivity index (χ1v) is 9.75. The predicted octanol–water partition coefficient (Wildman–Crippen LogP) is 1.83. The number of hydrogen-bond acceptors (Lipinski definition) is 6. The van der Waals surface area contributed by atoms with Gasteiger partial charge in [0.05, 0.1) is 15.7 Å². The van der Waals surface area contributed by atoms with Crippen LogP contribution in [0.15, 0.2) is 40.9 Å². The van der Waals surface area contributed by atoms with E-state index in [1.807, 2.05) is 22.6 Å². The lowest BCUT2D eigenvalue weighted by Gasteiger charge is -2.29. The number of furan rings is 1. The first-order valence-electron chi connectivity index (χ1n) is 8.67. The lowest BCUT2D eigenvalue weighted by molar-refractivity contribution is -0.125. The van der Waals surface area contributed by atoms with Crippen LogP contribution in [0.3, 0.4) is 0 Å². The summed E-state index contributed by atoms with van der Waals surface area (Å²) in [4.78, 5) is 43.5. The second kappa shape index (κ2) is 6.17. The molecule has 3 N–H and O–H groups in total. The van der Waals surface area contributed by atoms with Gasteiger partial charge >= 0.3 is 6.03 Å². The van der Waals surface area contributed by atoms with Crippen LogP contribution in [0, 0.1) is 3.57 Å². The topological polar surface area (TPSA) is 125 Å².